The molecule has 3 heterocycles. The van der Waals surface area contributed by atoms with Crippen LogP contribution in [0, 0.1) is 0 Å². The largest absolute Gasteiger partial charge is 0.490 e. The number of ether oxygens (including phenoxy) is 4. The second-order valence-corrected chi connectivity index (χ2v) is 9.68. The molecular weight excluding hydrogens is 490 g/mol. The Morgan fingerprint density at radius 1 is 1.11 bits per heavy atom. The SMILES string of the molecule is CCOc1cc(C2C(C(=O)OC3CCCCC3)=C(C)Nc3ncnn32)ccc1OCC(=O)N1CCOCC1. The zero-order valence-electron chi connectivity index (χ0n) is 22.0. The zero-order valence-corrected chi connectivity index (χ0v) is 22.0. The van der Waals surface area contributed by atoms with Gasteiger partial charge < -0.3 is 29.2 Å². The number of morpholine rings is 1. The average molecular weight is 526 g/mol. The smallest absolute Gasteiger partial charge is 0.338 e. The van der Waals surface area contributed by atoms with E-state index in [4.69, 9.17) is 18.9 Å². The van der Waals surface area contributed by atoms with E-state index in [0.717, 1.165) is 31.2 Å². The van der Waals surface area contributed by atoms with E-state index in [-0.39, 0.29) is 24.6 Å². The van der Waals surface area contributed by atoms with Crippen molar-refractivity contribution < 1.29 is 28.5 Å². The predicted octanol–water partition coefficient (Wildman–Crippen LogP) is 3.08. The molecule has 204 valence electrons. The van der Waals surface area contributed by atoms with E-state index in [2.05, 4.69) is 15.4 Å². The van der Waals surface area contributed by atoms with Crippen molar-refractivity contribution >= 4 is 17.8 Å². The van der Waals surface area contributed by atoms with Gasteiger partial charge in [-0.15, -0.1) is 0 Å². The predicted molar refractivity (Wildman–Crippen MR) is 138 cm³/mol. The van der Waals surface area contributed by atoms with Crippen LogP contribution in [0.2, 0.25) is 0 Å². The first kappa shape index (κ1) is 26.0. The van der Waals surface area contributed by atoms with Crippen LogP contribution in [0.25, 0.3) is 0 Å². The van der Waals surface area contributed by atoms with Gasteiger partial charge in [-0.2, -0.15) is 10.1 Å². The molecule has 2 fully saturated rings. The lowest BCUT2D eigenvalue weighted by molar-refractivity contribution is -0.146. The van der Waals surface area contributed by atoms with Crippen LogP contribution in [0.15, 0.2) is 35.8 Å². The molecule has 1 saturated heterocycles. The van der Waals surface area contributed by atoms with E-state index >= 15 is 0 Å². The van der Waals surface area contributed by atoms with Crippen molar-refractivity contribution in [3.63, 3.8) is 0 Å². The molecule has 1 unspecified atom stereocenters. The van der Waals surface area contributed by atoms with Crippen molar-refractivity contribution in [3.8, 4) is 11.5 Å². The summed E-state index contributed by atoms with van der Waals surface area (Å²) in [5.74, 6) is 1.02. The van der Waals surface area contributed by atoms with Gasteiger partial charge in [-0.1, -0.05) is 12.5 Å². The van der Waals surface area contributed by atoms with E-state index in [9.17, 15) is 9.59 Å². The average Bonchev–Trinajstić information content (AvgIpc) is 3.40. The molecule has 3 aliphatic rings. The molecule has 1 amide bonds. The molecule has 11 nitrogen and oxygen atoms in total. The number of allylic oxidation sites excluding steroid dienone is 1. The van der Waals surface area contributed by atoms with Crippen LogP contribution in [0.1, 0.15) is 57.6 Å². The first-order valence-electron chi connectivity index (χ1n) is 13.4. The highest BCUT2D eigenvalue weighted by molar-refractivity contribution is 5.92. The second kappa shape index (κ2) is 11.8. The van der Waals surface area contributed by atoms with Gasteiger partial charge in [0.2, 0.25) is 5.95 Å². The van der Waals surface area contributed by atoms with Gasteiger partial charge in [0.25, 0.3) is 5.91 Å². The van der Waals surface area contributed by atoms with Crippen LogP contribution < -0.4 is 14.8 Å². The van der Waals surface area contributed by atoms with E-state index in [1.807, 2.05) is 26.0 Å². The second-order valence-electron chi connectivity index (χ2n) is 9.68. The molecule has 0 spiro atoms. The fourth-order valence-electron chi connectivity index (χ4n) is 5.19. The fraction of sp³-hybridized carbons (Fsp3) is 0.556. The Balaban J connectivity index is 1.40. The third-order valence-electron chi connectivity index (χ3n) is 7.14. The zero-order chi connectivity index (χ0) is 26.5. The van der Waals surface area contributed by atoms with Gasteiger partial charge in [-0.3, -0.25) is 4.79 Å². The lowest BCUT2D eigenvalue weighted by Gasteiger charge is -2.30. The Morgan fingerprint density at radius 3 is 2.66 bits per heavy atom. The number of carbonyl (C=O) groups excluding carboxylic acids is 2. The molecule has 0 bridgehead atoms. The number of fused-ring (bicyclic) bond motifs is 1. The number of anilines is 1. The highest BCUT2D eigenvalue weighted by atomic mass is 16.5. The van der Waals surface area contributed by atoms with Crippen LogP contribution in [0.4, 0.5) is 5.95 Å². The minimum Gasteiger partial charge on any atom is -0.490 e. The van der Waals surface area contributed by atoms with Gasteiger partial charge in [-0.05, 0) is 57.2 Å². The monoisotopic (exact) mass is 525 g/mol. The molecule has 1 N–H and O–H groups in total. The molecular formula is C27H35N5O6. The van der Waals surface area contributed by atoms with E-state index in [0.29, 0.717) is 61.6 Å². The first-order valence-corrected chi connectivity index (χ1v) is 13.4. The summed E-state index contributed by atoms with van der Waals surface area (Å²) < 4.78 is 24.7. The van der Waals surface area contributed by atoms with Crippen molar-refractivity contribution in [2.24, 2.45) is 0 Å². The van der Waals surface area contributed by atoms with Crippen LogP contribution in [0.5, 0.6) is 11.5 Å². The third kappa shape index (κ3) is 5.62. The molecule has 2 aromatic rings. The van der Waals surface area contributed by atoms with Gasteiger partial charge in [0.15, 0.2) is 18.1 Å². The number of aromatic nitrogens is 3. The summed E-state index contributed by atoms with van der Waals surface area (Å²) in [6.07, 6.45) is 6.46. The molecule has 5 rings (SSSR count). The Kier molecular flexibility index (Phi) is 8.11. The molecule has 1 aromatic heterocycles. The van der Waals surface area contributed by atoms with Crippen molar-refractivity contribution in [3.05, 3.63) is 41.4 Å². The van der Waals surface area contributed by atoms with Crippen molar-refractivity contribution in [1.29, 1.82) is 0 Å². The lowest BCUT2D eigenvalue weighted by atomic mass is 9.94. The number of esters is 1. The molecule has 1 aliphatic carbocycles. The van der Waals surface area contributed by atoms with E-state index in [1.165, 1.54) is 12.7 Å². The minimum atomic E-state index is -0.562. The topological polar surface area (TPSA) is 117 Å². The number of hydrogen-bond acceptors (Lipinski definition) is 9. The molecule has 11 heteroatoms. The summed E-state index contributed by atoms with van der Waals surface area (Å²) in [6.45, 7) is 6.21. The first-order chi connectivity index (χ1) is 18.5. The highest BCUT2D eigenvalue weighted by Crippen LogP contribution is 2.39. The van der Waals surface area contributed by atoms with Crippen molar-refractivity contribution in [2.45, 2.75) is 58.1 Å². The Morgan fingerprint density at radius 2 is 1.89 bits per heavy atom. The standard InChI is InChI=1S/C27H35N5O6/c1-3-36-22-15-19(9-10-21(22)37-16-23(33)31-11-13-35-14-12-31)25-24(18(2)30-27-28-17-29-32(25)27)26(34)38-20-7-5-4-6-8-20/h9-10,15,17,20,25H,3-8,11-14,16H2,1-2H3,(H,28,29,30). The number of benzene rings is 1. The normalized spacial score (nSPS) is 19.9. The number of carbonyl (C=O) groups is 2. The van der Waals surface area contributed by atoms with Gasteiger partial charge in [0.05, 0.1) is 25.4 Å². The summed E-state index contributed by atoms with van der Waals surface area (Å²) in [6, 6.07) is 4.90. The van der Waals surface area contributed by atoms with Crippen LogP contribution in [0.3, 0.4) is 0 Å². The summed E-state index contributed by atoms with van der Waals surface area (Å²) in [4.78, 5) is 32.2. The van der Waals surface area contributed by atoms with Crippen LogP contribution in [-0.4, -0.2) is 77.2 Å². The maximum atomic E-state index is 13.5. The minimum absolute atomic E-state index is 0.0758. The van der Waals surface area contributed by atoms with Crippen molar-refractivity contribution in [1.82, 2.24) is 19.7 Å². The molecule has 1 aromatic carbocycles. The quantitative estimate of drug-likeness (QED) is 0.519. The van der Waals surface area contributed by atoms with Crippen LogP contribution in [-0.2, 0) is 19.1 Å². The fourth-order valence-corrected chi connectivity index (χ4v) is 5.19. The Labute approximate surface area is 222 Å². The third-order valence-corrected chi connectivity index (χ3v) is 7.14. The molecule has 1 atom stereocenters. The Hall–Kier alpha value is -3.60. The summed E-state index contributed by atoms with van der Waals surface area (Å²) in [5, 5.41) is 7.59. The number of nitrogens with zero attached hydrogens (tertiary/aromatic N) is 4. The van der Waals surface area contributed by atoms with Gasteiger partial charge >= 0.3 is 5.97 Å². The van der Waals surface area contributed by atoms with E-state index < -0.39 is 6.04 Å². The number of amides is 1. The molecule has 0 radical (unpaired) electrons. The summed E-state index contributed by atoms with van der Waals surface area (Å²) in [7, 11) is 0. The van der Waals surface area contributed by atoms with Gasteiger partial charge in [-0.25, -0.2) is 9.48 Å². The summed E-state index contributed by atoms with van der Waals surface area (Å²) in [5.41, 5.74) is 1.92. The number of nitrogens with one attached hydrogen (secondary N) is 1. The number of hydrogen-bond donors (Lipinski definition) is 1. The molecule has 38 heavy (non-hydrogen) atoms. The maximum Gasteiger partial charge on any atom is 0.338 e. The molecule has 1 saturated carbocycles. The maximum absolute atomic E-state index is 13.5. The highest BCUT2D eigenvalue weighted by Gasteiger charge is 2.36. The van der Waals surface area contributed by atoms with Gasteiger partial charge in [0, 0.05) is 18.8 Å². The van der Waals surface area contributed by atoms with Crippen LogP contribution >= 0.6 is 0 Å². The Bertz CT molecular complexity index is 1180. The van der Waals surface area contributed by atoms with Gasteiger partial charge in [0.1, 0.15) is 18.5 Å². The number of rotatable bonds is 8. The van der Waals surface area contributed by atoms with Crippen molar-refractivity contribution in [2.75, 3.05) is 44.8 Å². The lowest BCUT2D eigenvalue weighted by Crippen LogP contribution is -2.43. The summed E-state index contributed by atoms with van der Waals surface area (Å²) >= 11 is 0. The van der Waals surface area contributed by atoms with E-state index in [1.54, 1.807) is 15.6 Å². The molecule has 2 aliphatic heterocycles.